The average molecular weight is 719 g/mol. The Labute approximate surface area is 297 Å². The third-order valence-electron chi connectivity index (χ3n) is 8.80. The van der Waals surface area contributed by atoms with E-state index in [0.717, 1.165) is 5.56 Å². The first-order chi connectivity index (χ1) is 24.3. The Kier molecular flexibility index (Phi) is 12.4. The van der Waals surface area contributed by atoms with Crippen LogP contribution in [0.25, 0.3) is 10.8 Å². The summed E-state index contributed by atoms with van der Waals surface area (Å²) in [6.45, 7) is 4.52. The number of rotatable bonds is 14. The van der Waals surface area contributed by atoms with E-state index >= 15 is 0 Å². The number of hydrogen-bond acceptors (Lipinski definition) is 11. The molecular weight excluding hydrogens is 676 g/mol. The predicted octanol–water partition coefficient (Wildman–Crippen LogP) is 5.67. The van der Waals surface area contributed by atoms with Crippen molar-refractivity contribution in [3.8, 4) is 0 Å². The molecule has 0 saturated heterocycles. The van der Waals surface area contributed by atoms with Gasteiger partial charge in [0.2, 0.25) is 0 Å². The number of carbonyl (C=O) groups is 4. The highest BCUT2D eigenvalue weighted by Crippen LogP contribution is 2.39. The van der Waals surface area contributed by atoms with Crippen LogP contribution in [0.15, 0.2) is 83.8 Å². The molecule has 4 atom stereocenters. The van der Waals surface area contributed by atoms with Gasteiger partial charge < -0.3 is 24.3 Å². The average Bonchev–Trinajstić information content (AvgIpc) is 3.15. The number of benzene rings is 4. The Morgan fingerprint density at radius 3 is 1.57 bits per heavy atom. The van der Waals surface area contributed by atoms with Gasteiger partial charge in [-0.3, -0.25) is 19.1 Å². The van der Waals surface area contributed by atoms with Crippen molar-refractivity contribution in [1.29, 1.82) is 0 Å². The number of anilines is 2. The van der Waals surface area contributed by atoms with Crippen LogP contribution in [-0.2, 0) is 54.6 Å². The molecule has 0 radical (unpaired) electrons. The van der Waals surface area contributed by atoms with Crippen molar-refractivity contribution in [2.45, 2.75) is 55.9 Å². The van der Waals surface area contributed by atoms with Crippen molar-refractivity contribution < 1.29 is 46.5 Å². The lowest BCUT2D eigenvalue weighted by Crippen LogP contribution is -2.33. The minimum Gasteiger partial charge on any atom is -0.469 e. The SMILES string of the molecule is COC(=O)C(C)c1cc(C(C)C(=O)OC)c(S(=O)(=O)Nc2ccc(N[C@@H](Cc3ccccc3)C(=O)OC)c3ccccc23)c(C(C)C(=O)OC)c1. The third kappa shape index (κ3) is 8.48. The summed E-state index contributed by atoms with van der Waals surface area (Å²) in [4.78, 5) is 50.9. The Balaban J connectivity index is 1.88. The zero-order valence-corrected chi connectivity index (χ0v) is 30.3. The van der Waals surface area contributed by atoms with E-state index in [2.05, 4.69) is 10.0 Å². The smallest absolute Gasteiger partial charge is 0.328 e. The summed E-state index contributed by atoms with van der Waals surface area (Å²) in [5.41, 5.74) is 2.01. The molecular formula is C38H42N2O10S. The summed E-state index contributed by atoms with van der Waals surface area (Å²) in [5, 5.41) is 4.37. The maximum Gasteiger partial charge on any atom is 0.328 e. The molecule has 270 valence electrons. The molecule has 0 aliphatic carbocycles. The molecule has 4 rings (SSSR count). The second-order valence-corrected chi connectivity index (χ2v) is 13.6. The highest BCUT2D eigenvalue weighted by Gasteiger charge is 2.35. The van der Waals surface area contributed by atoms with Crippen LogP contribution in [0.2, 0.25) is 0 Å². The highest BCUT2D eigenvalue weighted by molar-refractivity contribution is 7.92. The maximum atomic E-state index is 14.6. The first kappa shape index (κ1) is 38.4. The van der Waals surface area contributed by atoms with Gasteiger partial charge in [-0.05, 0) is 55.2 Å². The van der Waals surface area contributed by atoms with E-state index in [1.54, 1.807) is 43.3 Å². The summed E-state index contributed by atoms with van der Waals surface area (Å²) < 4.78 is 51.8. The molecule has 0 heterocycles. The van der Waals surface area contributed by atoms with E-state index < -0.39 is 57.7 Å². The van der Waals surface area contributed by atoms with Crippen molar-refractivity contribution in [1.82, 2.24) is 0 Å². The second-order valence-electron chi connectivity index (χ2n) is 12.0. The van der Waals surface area contributed by atoms with Crippen molar-refractivity contribution in [2.75, 3.05) is 38.5 Å². The molecule has 0 fully saturated rings. The lowest BCUT2D eigenvalue weighted by atomic mass is 9.88. The highest BCUT2D eigenvalue weighted by atomic mass is 32.2. The van der Waals surface area contributed by atoms with Gasteiger partial charge in [0.1, 0.15) is 6.04 Å². The van der Waals surface area contributed by atoms with Gasteiger partial charge in [0, 0.05) is 22.9 Å². The van der Waals surface area contributed by atoms with Crippen LogP contribution in [0.4, 0.5) is 11.4 Å². The maximum absolute atomic E-state index is 14.6. The van der Waals surface area contributed by atoms with Crippen molar-refractivity contribution >= 4 is 56.0 Å². The van der Waals surface area contributed by atoms with Crippen LogP contribution >= 0.6 is 0 Å². The zero-order chi connectivity index (χ0) is 37.5. The fraction of sp³-hybridized carbons (Fsp3) is 0.316. The Hall–Kier alpha value is -5.43. The molecule has 0 aliphatic heterocycles. The van der Waals surface area contributed by atoms with E-state index in [1.165, 1.54) is 54.4 Å². The minimum atomic E-state index is -4.58. The van der Waals surface area contributed by atoms with E-state index in [9.17, 15) is 27.6 Å². The Morgan fingerprint density at radius 1 is 0.608 bits per heavy atom. The monoisotopic (exact) mass is 718 g/mol. The number of methoxy groups -OCH3 is 4. The first-order valence-electron chi connectivity index (χ1n) is 16.1. The summed E-state index contributed by atoms with van der Waals surface area (Å²) >= 11 is 0. The number of hydrogen-bond donors (Lipinski definition) is 2. The summed E-state index contributed by atoms with van der Waals surface area (Å²) in [6.07, 6.45) is 0.336. The largest absolute Gasteiger partial charge is 0.469 e. The molecule has 0 amide bonds. The Bertz CT molecular complexity index is 1990. The number of sulfonamides is 1. The molecule has 12 nitrogen and oxygen atoms in total. The third-order valence-corrected chi connectivity index (χ3v) is 10.3. The molecule has 13 heteroatoms. The molecule has 0 saturated carbocycles. The van der Waals surface area contributed by atoms with Crippen molar-refractivity contribution in [2.24, 2.45) is 0 Å². The normalized spacial score (nSPS) is 13.6. The van der Waals surface area contributed by atoms with Crippen molar-refractivity contribution in [3.63, 3.8) is 0 Å². The molecule has 4 aromatic rings. The fourth-order valence-corrected chi connectivity index (χ4v) is 7.57. The van der Waals surface area contributed by atoms with Gasteiger partial charge in [-0.15, -0.1) is 0 Å². The summed E-state index contributed by atoms with van der Waals surface area (Å²) in [7, 11) is 0.311. The molecule has 3 unspecified atom stereocenters. The second kappa shape index (κ2) is 16.5. The molecule has 51 heavy (non-hydrogen) atoms. The lowest BCUT2D eigenvalue weighted by molar-refractivity contribution is -0.142. The Morgan fingerprint density at radius 2 is 1.06 bits per heavy atom. The van der Waals surface area contributed by atoms with E-state index in [-0.39, 0.29) is 21.7 Å². The number of nitrogens with one attached hydrogen (secondary N) is 2. The topological polar surface area (TPSA) is 163 Å². The summed E-state index contributed by atoms with van der Waals surface area (Å²) in [5.74, 6) is -5.67. The minimum absolute atomic E-state index is 0.0118. The van der Waals surface area contributed by atoms with Gasteiger partial charge in [0.05, 0.1) is 56.8 Å². The van der Waals surface area contributed by atoms with Gasteiger partial charge in [-0.2, -0.15) is 0 Å². The van der Waals surface area contributed by atoms with Gasteiger partial charge >= 0.3 is 23.9 Å². The van der Waals surface area contributed by atoms with Crippen LogP contribution in [0.3, 0.4) is 0 Å². The van der Waals surface area contributed by atoms with E-state index in [0.29, 0.717) is 28.4 Å². The van der Waals surface area contributed by atoms with Crippen LogP contribution in [-0.4, -0.2) is 66.8 Å². The van der Waals surface area contributed by atoms with Gasteiger partial charge in [0.25, 0.3) is 10.0 Å². The molecule has 0 aliphatic rings. The number of esters is 4. The van der Waals surface area contributed by atoms with Gasteiger partial charge in [-0.1, -0.05) is 66.7 Å². The molecule has 4 aromatic carbocycles. The quantitative estimate of drug-likeness (QED) is 0.122. The number of fused-ring (bicyclic) bond motifs is 1. The van der Waals surface area contributed by atoms with Gasteiger partial charge in [-0.25, -0.2) is 13.2 Å². The molecule has 0 aromatic heterocycles. The number of carbonyl (C=O) groups excluding carboxylic acids is 4. The molecule has 0 bridgehead atoms. The van der Waals surface area contributed by atoms with Crippen LogP contribution in [0.5, 0.6) is 0 Å². The first-order valence-corrected chi connectivity index (χ1v) is 17.6. The van der Waals surface area contributed by atoms with E-state index in [4.69, 9.17) is 18.9 Å². The fourth-order valence-electron chi connectivity index (χ4n) is 5.91. The summed E-state index contributed by atoms with van der Waals surface area (Å²) in [6, 6.07) is 21.8. The lowest BCUT2D eigenvalue weighted by Gasteiger charge is -2.25. The molecule has 0 spiro atoms. The zero-order valence-electron chi connectivity index (χ0n) is 29.5. The van der Waals surface area contributed by atoms with Crippen LogP contribution in [0, 0.1) is 0 Å². The van der Waals surface area contributed by atoms with Crippen molar-refractivity contribution in [3.05, 3.63) is 101 Å². The van der Waals surface area contributed by atoms with Crippen LogP contribution < -0.4 is 10.0 Å². The standard InChI is InChI=1S/C38H42N2O10S/c1-22(35(41)47-4)26-20-29(23(2)36(42)48-5)34(30(21-26)24(3)37(43)49-6)51(45,46)40-32-18-17-31(27-15-11-12-16-28(27)32)39-33(38(44)50-7)19-25-13-9-8-10-14-25/h8-18,20-24,33,39-40H,19H2,1-7H3/t22?,23?,24?,33-/m0/s1. The molecule has 2 N–H and O–H groups in total. The number of ether oxygens (including phenoxy) is 4. The van der Waals surface area contributed by atoms with E-state index in [1.807, 2.05) is 30.3 Å². The van der Waals surface area contributed by atoms with Gasteiger partial charge in [0.15, 0.2) is 0 Å². The van der Waals surface area contributed by atoms with Crippen LogP contribution in [0.1, 0.15) is 60.8 Å². The predicted molar refractivity (Wildman–Crippen MR) is 192 cm³/mol.